The number of azo groups is 4. The van der Waals surface area contributed by atoms with Gasteiger partial charge < -0.3 is 24.1 Å². The second-order valence-corrected chi connectivity index (χ2v) is 25.1. The maximum Gasteiger partial charge on any atom is 0.296 e. The fourth-order valence-corrected chi connectivity index (χ4v) is 11.6. The smallest absolute Gasteiger partial charge is 0.296 e. The molecule has 0 saturated heterocycles. The topological polar surface area (TPSA) is 459 Å². The molecule has 86 heavy (non-hydrogen) atoms. The summed E-state index contributed by atoms with van der Waals surface area (Å²) in [7, 11) is -19.7. The van der Waals surface area contributed by atoms with Crippen LogP contribution >= 0.6 is 0 Å². The molecule has 0 atom stereocenters. The van der Waals surface area contributed by atoms with Gasteiger partial charge in [-0.25, -0.2) is 0 Å². The highest BCUT2D eigenvalue weighted by Crippen LogP contribution is 2.46. The van der Waals surface area contributed by atoms with E-state index in [4.69, 9.17) is 18.9 Å². The number of phenolic OH excluding ortho intramolecular Hbond substituents is 1. The number of aryl methyl sites for hydroxylation is 2. The minimum absolute atomic E-state index is 0.000248. The van der Waals surface area contributed by atoms with Crippen LogP contribution in [0.5, 0.6) is 28.7 Å². The molecule has 0 saturated carbocycles. The standard InChI is InChI=1S/C50H41N11O20S5/c1-24-13-37(41(78-3)20-35(24)52-51-33-11-8-28(82(63,64)65)18-46(33)85(72,73)74)54-53-36-21-42(79-4)38(14-25(36)2)55-56-39-22-44(81-6)40(23-43(39)80-5)57-58-49-47(86(75,76)77)16-26-15-27(7-9-30(26)50(49)62)61-59-34-12-10-31-32(48(34)60-61)17-29(83(66,67)68)19-45(31)84(69,70)71/h7-23,62H,1-6H3,(H,63,64,65)(H,66,67,68)(H,69,70,71)(H,72,73,74)(H,75,76,77). The maximum atomic E-state index is 12.9. The summed E-state index contributed by atoms with van der Waals surface area (Å²) in [5.74, 6) is -0.363. The van der Waals surface area contributed by atoms with E-state index in [-0.39, 0.29) is 89.7 Å². The minimum Gasteiger partial charge on any atom is -0.505 e. The first-order valence-electron chi connectivity index (χ1n) is 23.8. The minimum atomic E-state index is -5.17. The van der Waals surface area contributed by atoms with Crippen molar-refractivity contribution in [3.8, 4) is 34.4 Å². The highest BCUT2D eigenvalue weighted by atomic mass is 32.2. The summed E-state index contributed by atoms with van der Waals surface area (Å²) in [6, 6.07) is 20.2. The molecular weight excluding hydrogens is 1230 g/mol. The highest BCUT2D eigenvalue weighted by Gasteiger charge is 2.26. The van der Waals surface area contributed by atoms with Crippen LogP contribution < -0.4 is 18.9 Å². The molecule has 1 aromatic heterocycles. The molecule has 0 fully saturated rings. The lowest BCUT2D eigenvalue weighted by molar-refractivity contribution is 0.404. The van der Waals surface area contributed by atoms with Gasteiger partial charge in [-0.05, 0) is 103 Å². The van der Waals surface area contributed by atoms with Crippen molar-refractivity contribution >= 4 is 129 Å². The van der Waals surface area contributed by atoms with Gasteiger partial charge >= 0.3 is 0 Å². The van der Waals surface area contributed by atoms with Gasteiger partial charge in [0.1, 0.15) is 82.8 Å². The van der Waals surface area contributed by atoms with E-state index >= 15 is 0 Å². The first-order valence-corrected chi connectivity index (χ1v) is 31.0. The SMILES string of the molecule is COc1cc(N=Nc2ccc(S(=O)(=O)O)cc2S(=O)(=O)O)c(C)cc1N=Nc1cc(OC)c(N=Nc2cc(OC)c(N=Nc3c(S(=O)(=O)O)cc4cc(-n5nc6ccc7c(S(=O)(=O)O)cc(S(=O)(=O)O)cc7c6n5)ccc4c3O)cc2OC)cc1C. The quantitative estimate of drug-likeness (QED) is 0.0343. The Labute approximate surface area is 486 Å². The van der Waals surface area contributed by atoms with E-state index in [0.717, 1.165) is 29.1 Å². The van der Waals surface area contributed by atoms with Crippen LogP contribution in [0.25, 0.3) is 38.3 Å². The Morgan fingerprint density at radius 3 is 1.33 bits per heavy atom. The third kappa shape index (κ3) is 12.5. The zero-order valence-corrected chi connectivity index (χ0v) is 48.8. The summed E-state index contributed by atoms with van der Waals surface area (Å²) in [6.45, 7) is 3.33. The Bertz CT molecular complexity index is 5080. The number of aromatic hydroxyl groups is 1. The number of ether oxygens (including phenoxy) is 4. The number of phenols is 1. The zero-order valence-electron chi connectivity index (χ0n) is 44.7. The lowest BCUT2D eigenvalue weighted by Gasteiger charge is -2.11. The van der Waals surface area contributed by atoms with E-state index in [1.54, 1.807) is 19.9 Å². The molecule has 36 heteroatoms. The molecule has 0 radical (unpaired) electrons. The highest BCUT2D eigenvalue weighted by molar-refractivity contribution is 7.87. The Hall–Kier alpha value is -9.37. The molecular formula is C50H41N11O20S5. The van der Waals surface area contributed by atoms with Gasteiger partial charge in [0.15, 0.2) is 5.75 Å². The van der Waals surface area contributed by atoms with Crippen LogP contribution in [-0.2, 0) is 50.6 Å². The molecule has 1 heterocycles. The van der Waals surface area contributed by atoms with Crippen molar-refractivity contribution < 1.29 is 88.9 Å². The maximum absolute atomic E-state index is 12.9. The molecule has 0 spiro atoms. The molecule has 0 amide bonds. The van der Waals surface area contributed by atoms with Crippen LogP contribution in [0.3, 0.4) is 0 Å². The molecule has 446 valence electrons. The molecule has 31 nitrogen and oxygen atoms in total. The summed E-state index contributed by atoms with van der Waals surface area (Å²) in [5.41, 5.74) is 0.914. The Balaban J connectivity index is 0.983. The fraction of sp³-hybridized carbons (Fsp3) is 0.120. The van der Waals surface area contributed by atoms with Crippen LogP contribution in [0.15, 0.2) is 169 Å². The summed E-state index contributed by atoms with van der Waals surface area (Å²) in [6.07, 6.45) is 0. The number of benzene rings is 8. The van der Waals surface area contributed by atoms with Crippen molar-refractivity contribution in [1.29, 1.82) is 0 Å². The third-order valence-electron chi connectivity index (χ3n) is 12.6. The van der Waals surface area contributed by atoms with Gasteiger partial charge in [-0.3, -0.25) is 22.8 Å². The fourth-order valence-electron chi connectivity index (χ4n) is 8.40. The number of fused-ring (bicyclic) bond motifs is 4. The number of hydrogen-bond donors (Lipinski definition) is 6. The van der Waals surface area contributed by atoms with E-state index in [1.807, 2.05) is 0 Å². The third-order valence-corrected chi connectivity index (χ3v) is 16.9. The summed E-state index contributed by atoms with van der Waals surface area (Å²) in [5, 5.41) is 53.5. The lowest BCUT2D eigenvalue weighted by Crippen LogP contribution is -2.04. The monoisotopic (exact) mass is 1280 g/mol. The van der Waals surface area contributed by atoms with Crippen molar-refractivity contribution in [2.75, 3.05) is 28.4 Å². The Morgan fingerprint density at radius 2 is 0.837 bits per heavy atom. The van der Waals surface area contributed by atoms with E-state index in [1.165, 1.54) is 89.1 Å². The Morgan fingerprint density at radius 1 is 0.395 bits per heavy atom. The van der Waals surface area contributed by atoms with E-state index in [9.17, 15) is 70.0 Å². The molecule has 0 unspecified atom stereocenters. The van der Waals surface area contributed by atoms with Crippen LogP contribution in [0.4, 0.5) is 45.5 Å². The zero-order chi connectivity index (χ0) is 62.6. The van der Waals surface area contributed by atoms with Gasteiger partial charge in [0.2, 0.25) is 0 Å². The van der Waals surface area contributed by atoms with Gasteiger partial charge in [-0.2, -0.15) is 57.1 Å². The van der Waals surface area contributed by atoms with Crippen molar-refractivity contribution in [2.45, 2.75) is 38.3 Å². The van der Waals surface area contributed by atoms with Gasteiger partial charge in [-0.15, -0.1) is 40.9 Å². The average Bonchev–Trinajstić information content (AvgIpc) is 1.61. The number of rotatable bonds is 18. The molecule has 9 rings (SSSR count). The first-order chi connectivity index (χ1) is 40.3. The second-order valence-electron chi connectivity index (χ2n) is 18.0. The van der Waals surface area contributed by atoms with E-state index < -0.39 is 92.2 Å². The number of aromatic nitrogens is 3. The van der Waals surface area contributed by atoms with E-state index in [0.29, 0.717) is 28.9 Å². The Kier molecular flexibility index (Phi) is 16.3. The number of methoxy groups -OCH3 is 4. The van der Waals surface area contributed by atoms with Crippen molar-refractivity contribution in [1.82, 2.24) is 15.0 Å². The first kappa shape index (κ1) is 61.2. The van der Waals surface area contributed by atoms with Crippen LogP contribution in [0.1, 0.15) is 11.1 Å². The van der Waals surface area contributed by atoms with Gasteiger partial charge in [0.25, 0.3) is 50.6 Å². The van der Waals surface area contributed by atoms with Crippen molar-refractivity contribution in [3.05, 3.63) is 114 Å². The molecule has 0 aliphatic heterocycles. The average molecular weight is 1280 g/mol. The second kappa shape index (κ2) is 22.9. The van der Waals surface area contributed by atoms with Gasteiger partial charge in [-0.1, -0.05) is 6.07 Å². The molecule has 0 aliphatic rings. The van der Waals surface area contributed by atoms with Gasteiger partial charge in [0.05, 0.1) is 55.3 Å². The van der Waals surface area contributed by atoms with Crippen molar-refractivity contribution in [3.63, 3.8) is 0 Å². The molecule has 0 aliphatic carbocycles. The molecule has 6 N–H and O–H groups in total. The van der Waals surface area contributed by atoms with Crippen molar-refractivity contribution in [2.24, 2.45) is 40.9 Å². The summed E-state index contributed by atoms with van der Waals surface area (Å²) >= 11 is 0. The van der Waals surface area contributed by atoms with E-state index in [2.05, 4.69) is 51.1 Å². The molecule has 9 aromatic rings. The van der Waals surface area contributed by atoms with Crippen LogP contribution in [-0.4, -0.2) is 113 Å². The number of nitrogens with zero attached hydrogens (tertiary/aromatic N) is 11. The molecule has 8 aromatic carbocycles. The predicted octanol–water partition coefficient (Wildman–Crippen LogP) is 11.0. The number of hydrogen-bond acceptors (Lipinski definition) is 25. The normalized spacial score (nSPS) is 12.9. The molecule has 0 bridgehead atoms. The summed E-state index contributed by atoms with van der Waals surface area (Å²) in [4.78, 5) is -3.30. The predicted molar refractivity (Wildman–Crippen MR) is 303 cm³/mol. The largest absolute Gasteiger partial charge is 0.505 e. The van der Waals surface area contributed by atoms with Crippen LogP contribution in [0, 0.1) is 13.8 Å². The lowest BCUT2D eigenvalue weighted by atomic mass is 10.1. The van der Waals surface area contributed by atoms with Gasteiger partial charge in [0, 0.05) is 40.4 Å². The summed E-state index contributed by atoms with van der Waals surface area (Å²) < 4.78 is 193. The van der Waals surface area contributed by atoms with Crippen LogP contribution in [0.2, 0.25) is 0 Å².